The van der Waals surface area contributed by atoms with Crippen LogP contribution in [0.1, 0.15) is 20.7 Å². The van der Waals surface area contributed by atoms with E-state index in [1.54, 1.807) is 6.07 Å². The van der Waals surface area contributed by atoms with Gasteiger partial charge in [0.1, 0.15) is 11.6 Å². The molecule has 2 rings (SSSR count). The van der Waals surface area contributed by atoms with Gasteiger partial charge in [0, 0.05) is 17.2 Å². The Morgan fingerprint density at radius 3 is 2.52 bits per heavy atom. The molecule has 6 heteroatoms. The first kappa shape index (κ1) is 14.5. The first-order valence-corrected chi connectivity index (χ1v) is 6.06. The van der Waals surface area contributed by atoms with E-state index >= 15 is 0 Å². The fourth-order valence-electron chi connectivity index (χ4n) is 1.78. The Kier molecular flexibility index (Phi) is 4.18. The summed E-state index contributed by atoms with van der Waals surface area (Å²) in [7, 11) is 1.37. The molecule has 0 atom stereocenters. The van der Waals surface area contributed by atoms with Gasteiger partial charge in [0.15, 0.2) is 0 Å². The lowest BCUT2D eigenvalue weighted by atomic mass is 10.1. The first-order valence-electron chi connectivity index (χ1n) is 6.06. The number of primary amides is 1. The van der Waals surface area contributed by atoms with Gasteiger partial charge >= 0.3 is 0 Å². The van der Waals surface area contributed by atoms with Gasteiger partial charge in [-0.25, -0.2) is 4.39 Å². The number of benzene rings is 2. The summed E-state index contributed by atoms with van der Waals surface area (Å²) in [6, 6.07) is 9.75. The number of halogens is 1. The van der Waals surface area contributed by atoms with Crippen molar-refractivity contribution in [1.82, 2.24) is 0 Å². The first-order chi connectivity index (χ1) is 10.0. The van der Waals surface area contributed by atoms with Gasteiger partial charge in [0.05, 0.1) is 12.8 Å². The van der Waals surface area contributed by atoms with Crippen LogP contribution in [0.2, 0.25) is 0 Å². The number of amides is 2. The van der Waals surface area contributed by atoms with Crippen LogP contribution in [-0.2, 0) is 0 Å². The number of carbonyl (C=O) groups excluding carboxylic acids is 2. The molecule has 0 fully saturated rings. The Bertz CT molecular complexity index is 701. The average Bonchev–Trinajstić information content (AvgIpc) is 2.49. The van der Waals surface area contributed by atoms with Gasteiger partial charge < -0.3 is 15.8 Å². The molecule has 2 amide bonds. The molecule has 0 aliphatic rings. The van der Waals surface area contributed by atoms with Crippen molar-refractivity contribution in [3.8, 4) is 5.75 Å². The normalized spacial score (nSPS) is 10.0. The summed E-state index contributed by atoms with van der Waals surface area (Å²) in [6.45, 7) is 0. The Hall–Kier alpha value is -2.89. The van der Waals surface area contributed by atoms with Gasteiger partial charge in [0.25, 0.3) is 5.91 Å². The Morgan fingerprint density at radius 1 is 1.14 bits per heavy atom. The molecule has 2 aromatic rings. The van der Waals surface area contributed by atoms with E-state index in [1.807, 2.05) is 0 Å². The highest BCUT2D eigenvalue weighted by Gasteiger charge is 2.12. The molecule has 0 saturated carbocycles. The highest BCUT2D eigenvalue weighted by atomic mass is 19.1. The lowest BCUT2D eigenvalue weighted by molar-refractivity contribution is 0.1000. The molecule has 0 saturated heterocycles. The van der Waals surface area contributed by atoms with Crippen LogP contribution in [0.25, 0.3) is 0 Å². The number of carbonyl (C=O) groups is 2. The third-order valence-corrected chi connectivity index (χ3v) is 2.82. The van der Waals surface area contributed by atoms with Gasteiger partial charge in [-0.15, -0.1) is 0 Å². The molecule has 0 heterocycles. The van der Waals surface area contributed by atoms with Crippen molar-refractivity contribution in [2.45, 2.75) is 0 Å². The summed E-state index contributed by atoms with van der Waals surface area (Å²) in [5.74, 6) is -1.35. The topological polar surface area (TPSA) is 81.4 Å². The maximum Gasteiger partial charge on any atom is 0.255 e. The van der Waals surface area contributed by atoms with Gasteiger partial charge in [-0.2, -0.15) is 0 Å². The summed E-state index contributed by atoms with van der Waals surface area (Å²) < 4.78 is 18.1. The third kappa shape index (κ3) is 3.36. The van der Waals surface area contributed by atoms with Crippen molar-refractivity contribution < 1.29 is 18.7 Å². The molecule has 108 valence electrons. The molecule has 21 heavy (non-hydrogen) atoms. The highest BCUT2D eigenvalue weighted by Crippen LogP contribution is 2.25. The number of rotatable bonds is 4. The SMILES string of the molecule is COc1cc(F)ccc1NC(=O)c1cccc(C(N)=O)c1. The summed E-state index contributed by atoms with van der Waals surface area (Å²) in [6.07, 6.45) is 0. The number of methoxy groups -OCH3 is 1. The van der Waals surface area contributed by atoms with Crippen LogP contribution < -0.4 is 15.8 Å². The van der Waals surface area contributed by atoms with Crippen molar-refractivity contribution in [3.63, 3.8) is 0 Å². The minimum atomic E-state index is -0.621. The summed E-state index contributed by atoms with van der Waals surface area (Å²) >= 11 is 0. The second-order valence-electron chi connectivity index (χ2n) is 4.24. The number of nitrogens with two attached hydrogens (primary N) is 1. The van der Waals surface area contributed by atoms with E-state index in [0.717, 1.165) is 6.07 Å². The van der Waals surface area contributed by atoms with E-state index < -0.39 is 17.6 Å². The van der Waals surface area contributed by atoms with Crippen LogP contribution in [0, 0.1) is 5.82 Å². The van der Waals surface area contributed by atoms with E-state index in [-0.39, 0.29) is 16.9 Å². The fraction of sp³-hybridized carbons (Fsp3) is 0.0667. The second kappa shape index (κ2) is 6.04. The van der Waals surface area contributed by atoms with Crippen LogP contribution in [0.5, 0.6) is 5.75 Å². The molecule has 0 spiro atoms. The van der Waals surface area contributed by atoms with Crippen molar-refractivity contribution in [3.05, 3.63) is 59.4 Å². The van der Waals surface area contributed by atoms with Crippen molar-refractivity contribution in [2.24, 2.45) is 5.73 Å². The molecular formula is C15H13FN2O3. The minimum absolute atomic E-state index is 0.203. The lowest BCUT2D eigenvalue weighted by Crippen LogP contribution is -2.15. The van der Waals surface area contributed by atoms with Crippen LogP contribution in [0.3, 0.4) is 0 Å². The lowest BCUT2D eigenvalue weighted by Gasteiger charge is -2.10. The smallest absolute Gasteiger partial charge is 0.255 e. The van der Waals surface area contributed by atoms with Crippen LogP contribution >= 0.6 is 0 Å². The third-order valence-electron chi connectivity index (χ3n) is 2.82. The zero-order valence-electron chi connectivity index (χ0n) is 11.2. The van der Waals surface area contributed by atoms with Gasteiger partial charge in [0.2, 0.25) is 5.91 Å². The Balaban J connectivity index is 2.26. The summed E-state index contributed by atoms with van der Waals surface area (Å²) in [4.78, 5) is 23.2. The van der Waals surface area contributed by atoms with Gasteiger partial charge in [-0.1, -0.05) is 6.07 Å². The maximum atomic E-state index is 13.1. The quantitative estimate of drug-likeness (QED) is 0.904. The summed E-state index contributed by atoms with van der Waals surface area (Å²) in [5.41, 5.74) is 5.98. The monoisotopic (exact) mass is 288 g/mol. The zero-order valence-corrected chi connectivity index (χ0v) is 11.2. The standard InChI is InChI=1S/C15H13FN2O3/c1-21-13-8-11(16)5-6-12(13)18-15(20)10-4-2-3-9(7-10)14(17)19/h2-8H,1H3,(H2,17,19)(H,18,20). The van der Waals surface area contributed by atoms with Crippen molar-refractivity contribution in [1.29, 1.82) is 0 Å². The van der Waals surface area contributed by atoms with E-state index in [9.17, 15) is 14.0 Å². The van der Waals surface area contributed by atoms with Crippen LogP contribution in [0.4, 0.5) is 10.1 Å². The number of ether oxygens (including phenoxy) is 1. The molecular weight excluding hydrogens is 275 g/mol. The molecule has 0 unspecified atom stereocenters. The zero-order chi connectivity index (χ0) is 15.4. The number of hydrogen-bond acceptors (Lipinski definition) is 3. The summed E-state index contributed by atoms with van der Waals surface area (Å²) in [5, 5.41) is 2.59. The molecule has 0 aromatic heterocycles. The fourth-order valence-corrected chi connectivity index (χ4v) is 1.78. The molecule has 5 nitrogen and oxygen atoms in total. The molecule has 3 N–H and O–H groups in total. The largest absolute Gasteiger partial charge is 0.494 e. The number of nitrogens with one attached hydrogen (secondary N) is 1. The van der Waals surface area contributed by atoms with E-state index in [4.69, 9.17) is 10.5 Å². The molecule has 0 radical (unpaired) electrons. The maximum absolute atomic E-state index is 13.1. The van der Waals surface area contributed by atoms with E-state index in [2.05, 4.69) is 5.32 Å². The van der Waals surface area contributed by atoms with Crippen molar-refractivity contribution in [2.75, 3.05) is 12.4 Å². The average molecular weight is 288 g/mol. The van der Waals surface area contributed by atoms with Gasteiger partial charge in [-0.3, -0.25) is 9.59 Å². The van der Waals surface area contributed by atoms with Gasteiger partial charge in [-0.05, 0) is 30.3 Å². The highest BCUT2D eigenvalue weighted by molar-refractivity contribution is 6.06. The van der Waals surface area contributed by atoms with Crippen LogP contribution in [0.15, 0.2) is 42.5 Å². The van der Waals surface area contributed by atoms with Crippen LogP contribution in [-0.4, -0.2) is 18.9 Å². The number of anilines is 1. The molecule has 0 bridgehead atoms. The predicted octanol–water partition coefficient (Wildman–Crippen LogP) is 2.19. The minimum Gasteiger partial charge on any atom is -0.494 e. The molecule has 2 aromatic carbocycles. The van der Waals surface area contributed by atoms with Crippen molar-refractivity contribution >= 4 is 17.5 Å². The predicted molar refractivity (Wildman–Crippen MR) is 75.9 cm³/mol. The Morgan fingerprint density at radius 2 is 1.86 bits per heavy atom. The van der Waals surface area contributed by atoms with E-state index in [1.165, 1.54) is 37.4 Å². The van der Waals surface area contributed by atoms with E-state index in [0.29, 0.717) is 5.69 Å². The second-order valence-corrected chi connectivity index (χ2v) is 4.24. The molecule has 0 aliphatic heterocycles. The molecule has 0 aliphatic carbocycles. The Labute approximate surface area is 120 Å². The number of hydrogen-bond donors (Lipinski definition) is 2.